The normalized spacial score (nSPS) is 18.6. The van der Waals surface area contributed by atoms with Crippen LogP contribution in [0, 0.1) is 12.3 Å². The van der Waals surface area contributed by atoms with Crippen LogP contribution >= 0.6 is 0 Å². The summed E-state index contributed by atoms with van der Waals surface area (Å²) in [6.45, 7) is 3.93. The lowest BCUT2D eigenvalue weighted by Gasteiger charge is -2.31. The molecule has 1 aliphatic rings. The summed E-state index contributed by atoms with van der Waals surface area (Å²) in [6, 6.07) is 7.09. The molecule has 6 heteroatoms. The van der Waals surface area contributed by atoms with Crippen molar-refractivity contribution in [3.8, 4) is 12.3 Å². The standard InChI is InChI=1S/C16H20N4O2/c1-3-13-5-4-6-14(9-13)19-15(21)10-18-16(17)20-7-8-22-12(2)11-20/h1,4-6,9,12H,7-8,10-11H2,2H3,(H2,17,18)(H,19,21). The van der Waals surface area contributed by atoms with E-state index in [0.717, 1.165) is 0 Å². The van der Waals surface area contributed by atoms with Crippen molar-refractivity contribution in [3.63, 3.8) is 0 Å². The highest BCUT2D eigenvalue weighted by Gasteiger charge is 2.18. The molecule has 1 heterocycles. The van der Waals surface area contributed by atoms with Gasteiger partial charge in [-0.25, -0.2) is 4.99 Å². The number of aliphatic imine (C=N–C) groups is 1. The van der Waals surface area contributed by atoms with Crippen LogP contribution in [0.25, 0.3) is 0 Å². The lowest BCUT2D eigenvalue weighted by molar-refractivity contribution is -0.114. The van der Waals surface area contributed by atoms with Gasteiger partial charge in [0.2, 0.25) is 5.91 Å². The van der Waals surface area contributed by atoms with Gasteiger partial charge in [-0.1, -0.05) is 12.0 Å². The van der Waals surface area contributed by atoms with Crippen molar-refractivity contribution in [3.05, 3.63) is 29.8 Å². The van der Waals surface area contributed by atoms with Gasteiger partial charge in [0.15, 0.2) is 5.96 Å². The van der Waals surface area contributed by atoms with Gasteiger partial charge in [-0.2, -0.15) is 0 Å². The Kier molecular flexibility index (Phi) is 5.39. The molecule has 2 rings (SSSR count). The molecule has 3 N–H and O–H groups in total. The van der Waals surface area contributed by atoms with Gasteiger partial charge in [-0.15, -0.1) is 6.42 Å². The maximum atomic E-state index is 11.9. The highest BCUT2D eigenvalue weighted by atomic mass is 16.5. The van der Waals surface area contributed by atoms with Gasteiger partial charge in [-0.3, -0.25) is 4.79 Å². The predicted octanol–water partition coefficient (Wildman–Crippen LogP) is 0.642. The molecule has 1 unspecified atom stereocenters. The third-order valence-electron chi connectivity index (χ3n) is 3.26. The largest absolute Gasteiger partial charge is 0.375 e. The van der Waals surface area contributed by atoms with Crippen LogP contribution in [0.15, 0.2) is 29.3 Å². The summed E-state index contributed by atoms with van der Waals surface area (Å²) in [4.78, 5) is 17.9. The van der Waals surface area contributed by atoms with Gasteiger partial charge in [-0.05, 0) is 25.1 Å². The molecule has 0 spiro atoms. The van der Waals surface area contributed by atoms with Crippen LogP contribution in [0.4, 0.5) is 5.69 Å². The minimum atomic E-state index is -0.238. The summed E-state index contributed by atoms with van der Waals surface area (Å²) in [7, 11) is 0. The molecule has 1 saturated heterocycles. The maximum Gasteiger partial charge on any atom is 0.246 e. The number of carbonyl (C=O) groups is 1. The Balaban J connectivity index is 1.88. The van der Waals surface area contributed by atoms with E-state index < -0.39 is 0 Å². The molecule has 0 bridgehead atoms. The first-order valence-corrected chi connectivity index (χ1v) is 7.11. The first kappa shape index (κ1) is 15.9. The fraction of sp³-hybridized carbons (Fsp3) is 0.375. The molecule has 116 valence electrons. The van der Waals surface area contributed by atoms with E-state index in [9.17, 15) is 4.79 Å². The van der Waals surface area contributed by atoms with Crippen LogP contribution in [0.2, 0.25) is 0 Å². The molecule has 1 fully saturated rings. The fourth-order valence-corrected chi connectivity index (χ4v) is 2.17. The maximum absolute atomic E-state index is 11.9. The highest BCUT2D eigenvalue weighted by molar-refractivity contribution is 5.94. The summed E-state index contributed by atoms with van der Waals surface area (Å²) < 4.78 is 5.44. The minimum absolute atomic E-state index is 0.0299. The number of benzene rings is 1. The van der Waals surface area contributed by atoms with Crippen molar-refractivity contribution in [2.75, 3.05) is 31.6 Å². The number of hydrogen-bond acceptors (Lipinski definition) is 3. The summed E-state index contributed by atoms with van der Waals surface area (Å²) in [5.41, 5.74) is 7.27. The Hall–Kier alpha value is -2.52. The highest BCUT2D eigenvalue weighted by Crippen LogP contribution is 2.09. The second-order valence-corrected chi connectivity index (χ2v) is 5.08. The number of terminal acetylenes is 1. The summed E-state index contributed by atoms with van der Waals surface area (Å²) in [6.07, 6.45) is 5.44. The quantitative estimate of drug-likeness (QED) is 0.488. The van der Waals surface area contributed by atoms with Gasteiger partial charge in [0.1, 0.15) is 6.54 Å². The second-order valence-electron chi connectivity index (χ2n) is 5.08. The van der Waals surface area contributed by atoms with E-state index >= 15 is 0 Å². The Morgan fingerprint density at radius 3 is 3.18 bits per heavy atom. The fourth-order valence-electron chi connectivity index (χ4n) is 2.17. The molecule has 1 atom stereocenters. The van der Waals surface area contributed by atoms with Crippen LogP contribution < -0.4 is 11.1 Å². The number of anilines is 1. The SMILES string of the molecule is C#Cc1cccc(NC(=O)CN=C(N)N2CCOC(C)C2)c1. The number of carbonyl (C=O) groups excluding carboxylic acids is 1. The zero-order chi connectivity index (χ0) is 15.9. The average Bonchev–Trinajstić information content (AvgIpc) is 2.52. The third-order valence-corrected chi connectivity index (χ3v) is 3.26. The molecule has 1 amide bonds. The van der Waals surface area contributed by atoms with E-state index in [4.69, 9.17) is 16.9 Å². The van der Waals surface area contributed by atoms with Crippen LogP contribution in [-0.2, 0) is 9.53 Å². The van der Waals surface area contributed by atoms with Crippen molar-refractivity contribution in [2.45, 2.75) is 13.0 Å². The molecule has 22 heavy (non-hydrogen) atoms. The lowest BCUT2D eigenvalue weighted by atomic mass is 10.2. The minimum Gasteiger partial charge on any atom is -0.375 e. The van der Waals surface area contributed by atoms with Crippen LogP contribution in [0.3, 0.4) is 0 Å². The predicted molar refractivity (Wildman–Crippen MR) is 86.5 cm³/mol. The van der Waals surface area contributed by atoms with Crippen molar-refractivity contribution < 1.29 is 9.53 Å². The number of morpholine rings is 1. The van der Waals surface area contributed by atoms with Crippen LogP contribution in [0.5, 0.6) is 0 Å². The van der Waals surface area contributed by atoms with Crippen molar-refractivity contribution in [1.82, 2.24) is 4.90 Å². The van der Waals surface area contributed by atoms with Gasteiger partial charge >= 0.3 is 0 Å². The monoisotopic (exact) mass is 300 g/mol. The van der Waals surface area contributed by atoms with Gasteiger partial charge in [0.05, 0.1) is 12.7 Å². The van der Waals surface area contributed by atoms with E-state index in [1.165, 1.54) is 0 Å². The number of hydrogen-bond donors (Lipinski definition) is 2. The Morgan fingerprint density at radius 1 is 1.64 bits per heavy atom. The van der Waals surface area contributed by atoms with Crippen LogP contribution in [-0.4, -0.2) is 49.1 Å². The molecular formula is C16H20N4O2. The summed E-state index contributed by atoms with van der Waals surface area (Å²) in [5, 5.41) is 2.74. The molecule has 1 aromatic carbocycles. The zero-order valence-electron chi connectivity index (χ0n) is 12.6. The van der Waals surface area contributed by atoms with Crippen molar-refractivity contribution >= 4 is 17.6 Å². The van der Waals surface area contributed by atoms with Crippen molar-refractivity contribution in [1.29, 1.82) is 0 Å². The van der Waals surface area contributed by atoms with Crippen molar-refractivity contribution in [2.24, 2.45) is 10.7 Å². The molecule has 0 aliphatic carbocycles. The summed E-state index contributed by atoms with van der Waals surface area (Å²) >= 11 is 0. The number of nitrogens with one attached hydrogen (secondary N) is 1. The lowest BCUT2D eigenvalue weighted by Crippen LogP contribution is -2.48. The first-order chi connectivity index (χ1) is 10.6. The number of rotatable bonds is 3. The number of nitrogens with zero attached hydrogens (tertiary/aromatic N) is 2. The van der Waals surface area contributed by atoms with E-state index in [-0.39, 0.29) is 18.6 Å². The van der Waals surface area contributed by atoms with E-state index in [1.54, 1.807) is 24.3 Å². The van der Waals surface area contributed by atoms with E-state index in [0.29, 0.717) is 36.9 Å². The zero-order valence-corrected chi connectivity index (χ0v) is 12.6. The van der Waals surface area contributed by atoms with Gasteiger partial charge in [0.25, 0.3) is 0 Å². The summed E-state index contributed by atoms with van der Waals surface area (Å²) in [5.74, 6) is 2.65. The number of guanidine groups is 1. The van der Waals surface area contributed by atoms with E-state index in [1.807, 2.05) is 11.8 Å². The smallest absolute Gasteiger partial charge is 0.246 e. The Morgan fingerprint density at radius 2 is 2.45 bits per heavy atom. The topological polar surface area (TPSA) is 80.0 Å². The Bertz CT molecular complexity index is 606. The van der Waals surface area contributed by atoms with Gasteiger partial charge < -0.3 is 20.7 Å². The molecule has 0 saturated carbocycles. The molecule has 6 nitrogen and oxygen atoms in total. The molecule has 1 aliphatic heterocycles. The first-order valence-electron chi connectivity index (χ1n) is 7.11. The molecule has 0 radical (unpaired) electrons. The average molecular weight is 300 g/mol. The third kappa shape index (κ3) is 4.50. The molecular weight excluding hydrogens is 280 g/mol. The Labute approximate surface area is 130 Å². The van der Waals surface area contributed by atoms with Gasteiger partial charge in [0, 0.05) is 24.3 Å². The van der Waals surface area contributed by atoms with E-state index in [2.05, 4.69) is 16.2 Å². The number of nitrogens with two attached hydrogens (primary N) is 1. The molecule has 0 aromatic heterocycles. The second kappa shape index (κ2) is 7.48. The number of amides is 1. The van der Waals surface area contributed by atoms with Crippen LogP contribution in [0.1, 0.15) is 12.5 Å². The molecule has 1 aromatic rings. The number of ether oxygens (including phenoxy) is 1.